The van der Waals surface area contributed by atoms with Crippen molar-refractivity contribution < 1.29 is 37.7 Å². The van der Waals surface area contributed by atoms with Crippen LogP contribution in [0, 0.1) is 0 Å². The number of rotatable bonds is 4. The Labute approximate surface area is 191 Å². The van der Waals surface area contributed by atoms with E-state index in [1.165, 1.54) is 17.0 Å². The number of hydrogen-bond donors (Lipinski definition) is 2. The van der Waals surface area contributed by atoms with Crippen molar-refractivity contribution in [1.82, 2.24) is 19.8 Å². The largest absolute Gasteiger partial charge is 0.465 e. The lowest BCUT2D eigenvalue weighted by Gasteiger charge is -2.38. The van der Waals surface area contributed by atoms with Gasteiger partial charge in [0.25, 0.3) is 5.91 Å². The van der Waals surface area contributed by atoms with Gasteiger partial charge in [0.1, 0.15) is 22.9 Å². The molecule has 1 atom stereocenters. The van der Waals surface area contributed by atoms with Crippen LogP contribution in [0.2, 0.25) is 0 Å². The van der Waals surface area contributed by atoms with Gasteiger partial charge in [-0.15, -0.1) is 0 Å². The fourth-order valence-electron chi connectivity index (χ4n) is 3.64. The van der Waals surface area contributed by atoms with E-state index >= 15 is 0 Å². The molecule has 2 amide bonds. The fraction of sp³-hybridized carbons (Fsp3) is 0.273. The van der Waals surface area contributed by atoms with Crippen LogP contribution in [-0.4, -0.2) is 74.3 Å². The Kier molecular flexibility index (Phi) is 6.24. The minimum atomic E-state index is -4.54. The molecule has 1 aliphatic rings. The van der Waals surface area contributed by atoms with Gasteiger partial charge in [-0.3, -0.25) is 9.69 Å². The Bertz CT molecular complexity index is 1220. The van der Waals surface area contributed by atoms with Gasteiger partial charge < -0.3 is 19.8 Å². The number of aliphatic hydroxyl groups is 1. The van der Waals surface area contributed by atoms with E-state index in [9.17, 15) is 33.0 Å². The molecule has 12 heteroatoms. The van der Waals surface area contributed by atoms with Crippen molar-refractivity contribution in [2.75, 3.05) is 26.2 Å². The molecule has 0 bridgehead atoms. The first-order valence-corrected chi connectivity index (χ1v) is 10.2. The molecule has 4 rings (SSSR count). The summed E-state index contributed by atoms with van der Waals surface area (Å²) >= 11 is 0. The number of alkyl halides is 3. The van der Waals surface area contributed by atoms with Crippen LogP contribution >= 0.6 is 0 Å². The summed E-state index contributed by atoms with van der Waals surface area (Å²) < 4.78 is 43.5. The average molecular weight is 476 g/mol. The zero-order chi connectivity index (χ0) is 24.5. The maximum absolute atomic E-state index is 12.9. The third-order valence-corrected chi connectivity index (χ3v) is 5.37. The number of aliphatic hydroxyl groups excluding tert-OH is 1. The number of carbonyl (C=O) groups excluding carboxylic acids is 1. The summed E-state index contributed by atoms with van der Waals surface area (Å²) in [5.74, 6) is 0.0955. The van der Waals surface area contributed by atoms with E-state index in [0.29, 0.717) is 16.7 Å². The Morgan fingerprint density at radius 1 is 1.09 bits per heavy atom. The predicted molar refractivity (Wildman–Crippen MR) is 113 cm³/mol. The van der Waals surface area contributed by atoms with E-state index in [0.717, 1.165) is 17.2 Å². The number of benzene rings is 1. The number of fused-ring (bicyclic) bond motifs is 1. The number of aromatic nitrogens is 2. The molecule has 2 N–H and O–H groups in total. The summed E-state index contributed by atoms with van der Waals surface area (Å²) in [4.78, 5) is 34.4. The van der Waals surface area contributed by atoms with Crippen molar-refractivity contribution in [3.8, 4) is 11.5 Å². The maximum Gasteiger partial charge on any atom is 0.433 e. The van der Waals surface area contributed by atoms with Gasteiger partial charge in [-0.05, 0) is 36.4 Å². The number of pyridine rings is 2. The van der Waals surface area contributed by atoms with Gasteiger partial charge in [-0.2, -0.15) is 13.2 Å². The molecule has 178 valence electrons. The van der Waals surface area contributed by atoms with Crippen molar-refractivity contribution in [1.29, 1.82) is 0 Å². The smallest absolute Gasteiger partial charge is 0.433 e. The molecule has 0 radical (unpaired) electrons. The first kappa shape index (κ1) is 23.2. The van der Waals surface area contributed by atoms with Crippen LogP contribution < -0.4 is 4.74 Å². The second-order valence-corrected chi connectivity index (χ2v) is 7.59. The molecule has 1 aliphatic heterocycles. The van der Waals surface area contributed by atoms with E-state index < -0.39 is 30.6 Å². The van der Waals surface area contributed by atoms with Crippen LogP contribution in [0.3, 0.4) is 0 Å². The number of carbonyl (C=O) groups is 2. The standard InChI is InChI=1S/C22H19F3N4O5/c23-22(24,25)19-6-3-16(10-26-19)34-15-2-5-17-13(9-15)1-4-18(27-17)20(31)28-7-8-29(21(32)33)14(11-28)12-30/h1-6,9-10,14,30H,7-8,11-12H2,(H,32,33)/t14-/m0/s1. The second kappa shape index (κ2) is 9.14. The summed E-state index contributed by atoms with van der Waals surface area (Å²) in [6.07, 6.45) is -4.71. The topological polar surface area (TPSA) is 116 Å². The molecule has 0 unspecified atom stereocenters. The van der Waals surface area contributed by atoms with Gasteiger partial charge in [-0.1, -0.05) is 6.07 Å². The Morgan fingerprint density at radius 3 is 2.50 bits per heavy atom. The molecule has 1 saturated heterocycles. The van der Waals surface area contributed by atoms with Crippen molar-refractivity contribution in [3.05, 3.63) is 60.0 Å². The molecule has 9 nitrogen and oxygen atoms in total. The summed E-state index contributed by atoms with van der Waals surface area (Å²) in [7, 11) is 0. The van der Waals surface area contributed by atoms with Gasteiger partial charge in [0, 0.05) is 25.0 Å². The Morgan fingerprint density at radius 2 is 1.85 bits per heavy atom. The molecule has 3 aromatic rings. The highest BCUT2D eigenvalue weighted by atomic mass is 19.4. The molecule has 2 aromatic heterocycles. The van der Waals surface area contributed by atoms with Crippen molar-refractivity contribution in [2.24, 2.45) is 0 Å². The summed E-state index contributed by atoms with van der Waals surface area (Å²) in [6.45, 7) is -0.0948. The first-order chi connectivity index (χ1) is 16.2. The van der Waals surface area contributed by atoms with E-state index in [1.54, 1.807) is 24.3 Å². The van der Waals surface area contributed by atoms with Crippen LogP contribution in [0.15, 0.2) is 48.7 Å². The summed E-state index contributed by atoms with van der Waals surface area (Å²) in [5.41, 5.74) is -0.366. The van der Waals surface area contributed by atoms with E-state index in [2.05, 4.69) is 9.97 Å². The molecule has 1 aromatic carbocycles. The van der Waals surface area contributed by atoms with E-state index in [4.69, 9.17) is 4.74 Å². The van der Waals surface area contributed by atoms with Gasteiger partial charge in [-0.25, -0.2) is 14.8 Å². The van der Waals surface area contributed by atoms with Gasteiger partial charge in [0.2, 0.25) is 0 Å². The Hall–Kier alpha value is -3.93. The number of nitrogens with zero attached hydrogens (tertiary/aromatic N) is 4. The number of hydrogen-bond acceptors (Lipinski definition) is 6. The molecular weight excluding hydrogens is 457 g/mol. The van der Waals surface area contributed by atoms with Gasteiger partial charge in [0.05, 0.1) is 24.4 Å². The highest BCUT2D eigenvalue weighted by Gasteiger charge is 2.33. The van der Waals surface area contributed by atoms with Crippen molar-refractivity contribution in [2.45, 2.75) is 12.2 Å². The maximum atomic E-state index is 12.9. The molecular formula is C22H19F3N4O5. The quantitative estimate of drug-likeness (QED) is 0.594. The van der Waals surface area contributed by atoms with E-state index in [1.807, 2.05) is 0 Å². The lowest BCUT2D eigenvalue weighted by Crippen LogP contribution is -2.57. The highest BCUT2D eigenvalue weighted by Crippen LogP contribution is 2.30. The average Bonchev–Trinajstić information content (AvgIpc) is 2.82. The fourth-order valence-corrected chi connectivity index (χ4v) is 3.64. The minimum absolute atomic E-state index is 0.0509. The van der Waals surface area contributed by atoms with Crippen LogP contribution in [0.5, 0.6) is 11.5 Å². The molecule has 0 aliphatic carbocycles. The van der Waals surface area contributed by atoms with Crippen LogP contribution in [-0.2, 0) is 6.18 Å². The van der Waals surface area contributed by atoms with E-state index in [-0.39, 0.29) is 37.0 Å². The van der Waals surface area contributed by atoms with Crippen molar-refractivity contribution in [3.63, 3.8) is 0 Å². The molecule has 34 heavy (non-hydrogen) atoms. The molecule has 3 heterocycles. The number of halogens is 3. The number of piperazine rings is 1. The lowest BCUT2D eigenvalue weighted by molar-refractivity contribution is -0.141. The third-order valence-electron chi connectivity index (χ3n) is 5.37. The Balaban J connectivity index is 1.48. The summed E-state index contributed by atoms with van der Waals surface area (Å²) in [5, 5.41) is 19.3. The number of carboxylic acid groups (broad SMARTS) is 1. The number of ether oxygens (including phenoxy) is 1. The third kappa shape index (κ3) is 4.86. The van der Waals surface area contributed by atoms with Gasteiger partial charge >= 0.3 is 12.3 Å². The summed E-state index contributed by atoms with van der Waals surface area (Å²) in [6, 6.07) is 9.26. The normalized spacial score (nSPS) is 16.5. The second-order valence-electron chi connectivity index (χ2n) is 7.59. The molecule has 1 fully saturated rings. The zero-order valence-corrected chi connectivity index (χ0v) is 17.6. The van der Waals surface area contributed by atoms with Crippen LogP contribution in [0.25, 0.3) is 10.9 Å². The van der Waals surface area contributed by atoms with Crippen molar-refractivity contribution >= 4 is 22.9 Å². The SMILES string of the molecule is O=C(c1ccc2cc(Oc3ccc(C(F)(F)F)nc3)ccc2n1)N1CCN(C(=O)O)[C@H](CO)C1. The highest BCUT2D eigenvalue weighted by molar-refractivity contribution is 5.95. The number of amides is 2. The molecule has 0 saturated carbocycles. The van der Waals surface area contributed by atoms with Crippen LogP contribution in [0.4, 0.5) is 18.0 Å². The van der Waals surface area contributed by atoms with Crippen LogP contribution in [0.1, 0.15) is 16.2 Å². The monoisotopic (exact) mass is 476 g/mol. The predicted octanol–water partition coefficient (Wildman–Crippen LogP) is 3.24. The first-order valence-electron chi connectivity index (χ1n) is 10.2. The van der Waals surface area contributed by atoms with Gasteiger partial charge in [0.15, 0.2) is 0 Å². The lowest BCUT2D eigenvalue weighted by atomic mass is 10.1. The zero-order valence-electron chi connectivity index (χ0n) is 17.6. The molecule has 0 spiro atoms. The minimum Gasteiger partial charge on any atom is -0.465 e.